The van der Waals surface area contributed by atoms with E-state index in [1.807, 2.05) is 12.1 Å². The topological polar surface area (TPSA) is 90.2 Å². The summed E-state index contributed by atoms with van der Waals surface area (Å²) in [5.74, 6) is 0. The van der Waals surface area contributed by atoms with Crippen molar-refractivity contribution in [2.75, 3.05) is 11.9 Å². The van der Waals surface area contributed by atoms with Crippen LogP contribution >= 0.6 is 0 Å². The molecule has 0 aromatic heterocycles. The van der Waals surface area contributed by atoms with Crippen molar-refractivity contribution in [3.63, 3.8) is 0 Å². The Labute approximate surface area is 150 Å². The predicted molar refractivity (Wildman–Crippen MR) is 105 cm³/mol. The van der Waals surface area contributed by atoms with Crippen LogP contribution in [0.15, 0.2) is 42.5 Å². The first-order chi connectivity index (χ1) is 11.6. The molecular weight excluding hydrogens is 314 g/mol. The highest BCUT2D eigenvalue weighted by Gasteiger charge is 2.07. The standard InChI is InChI=1S/C20H26N2O2.H3N/c1-3-4-15-21-20-10-5-7-16(2)19(20)9-6-8-17-11-13-18(14-12-17)22(23)24;/h5,7,10-14,21H,3-4,6,8-9,15H2,1-2H3;1H3. The van der Waals surface area contributed by atoms with Crippen LogP contribution in [0, 0.1) is 17.0 Å². The Morgan fingerprint density at radius 1 is 1.04 bits per heavy atom. The van der Waals surface area contributed by atoms with E-state index in [0.29, 0.717) is 0 Å². The van der Waals surface area contributed by atoms with E-state index in [9.17, 15) is 10.1 Å². The number of unbranched alkanes of at least 4 members (excludes halogenated alkanes) is 1. The highest BCUT2D eigenvalue weighted by molar-refractivity contribution is 5.54. The molecule has 136 valence electrons. The quantitative estimate of drug-likeness (QED) is 0.360. The van der Waals surface area contributed by atoms with Crippen LogP contribution in [-0.2, 0) is 12.8 Å². The van der Waals surface area contributed by atoms with Gasteiger partial charge < -0.3 is 11.5 Å². The summed E-state index contributed by atoms with van der Waals surface area (Å²) < 4.78 is 0. The molecule has 0 saturated heterocycles. The van der Waals surface area contributed by atoms with Gasteiger partial charge in [-0.2, -0.15) is 0 Å². The number of aryl methyl sites for hydroxylation is 2. The molecule has 0 aliphatic heterocycles. The first-order valence-corrected chi connectivity index (χ1v) is 8.67. The molecule has 25 heavy (non-hydrogen) atoms. The molecule has 0 aliphatic carbocycles. The molecule has 0 amide bonds. The summed E-state index contributed by atoms with van der Waals surface area (Å²) in [7, 11) is 0. The van der Waals surface area contributed by atoms with E-state index >= 15 is 0 Å². The van der Waals surface area contributed by atoms with Gasteiger partial charge in [0.2, 0.25) is 0 Å². The van der Waals surface area contributed by atoms with Gasteiger partial charge in [0.25, 0.3) is 5.69 Å². The summed E-state index contributed by atoms with van der Waals surface area (Å²) in [4.78, 5) is 10.3. The summed E-state index contributed by atoms with van der Waals surface area (Å²) >= 11 is 0. The van der Waals surface area contributed by atoms with E-state index in [4.69, 9.17) is 0 Å². The van der Waals surface area contributed by atoms with E-state index in [2.05, 4.69) is 37.4 Å². The fourth-order valence-corrected chi connectivity index (χ4v) is 2.85. The smallest absolute Gasteiger partial charge is 0.269 e. The van der Waals surface area contributed by atoms with Crippen molar-refractivity contribution >= 4 is 11.4 Å². The van der Waals surface area contributed by atoms with Crippen molar-refractivity contribution in [2.45, 2.75) is 46.0 Å². The molecule has 4 N–H and O–H groups in total. The first-order valence-electron chi connectivity index (χ1n) is 8.67. The van der Waals surface area contributed by atoms with E-state index < -0.39 is 0 Å². The van der Waals surface area contributed by atoms with Crippen LogP contribution in [-0.4, -0.2) is 11.5 Å². The van der Waals surface area contributed by atoms with Gasteiger partial charge in [0.05, 0.1) is 4.92 Å². The van der Waals surface area contributed by atoms with Crippen LogP contribution in [0.4, 0.5) is 11.4 Å². The van der Waals surface area contributed by atoms with E-state index in [-0.39, 0.29) is 16.8 Å². The van der Waals surface area contributed by atoms with Crippen molar-refractivity contribution in [1.29, 1.82) is 0 Å². The number of anilines is 1. The van der Waals surface area contributed by atoms with Gasteiger partial charge in [-0.3, -0.25) is 10.1 Å². The highest BCUT2D eigenvalue weighted by atomic mass is 16.6. The number of nitro benzene ring substituents is 1. The van der Waals surface area contributed by atoms with Gasteiger partial charge in [0.15, 0.2) is 0 Å². The monoisotopic (exact) mass is 343 g/mol. The molecule has 2 aromatic carbocycles. The third-order valence-electron chi connectivity index (χ3n) is 4.30. The lowest BCUT2D eigenvalue weighted by molar-refractivity contribution is -0.384. The zero-order valence-electron chi connectivity index (χ0n) is 15.3. The molecule has 0 radical (unpaired) electrons. The zero-order valence-corrected chi connectivity index (χ0v) is 15.3. The van der Waals surface area contributed by atoms with Gasteiger partial charge in [-0.1, -0.05) is 37.6 Å². The van der Waals surface area contributed by atoms with Gasteiger partial charge >= 0.3 is 0 Å². The lowest BCUT2D eigenvalue weighted by Gasteiger charge is -2.14. The summed E-state index contributed by atoms with van der Waals surface area (Å²) in [5, 5.41) is 14.2. The Morgan fingerprint density at radius 2 is 1.76 bits per heavy atom. The summed E-state index contributed by atoms with van der Waals surface area (Å²) in [6.45, 7) is 5.37. The molecule has 0 heterocycles. The van der Waals surface area contributed by atoms with Crippen LogP contribution in [0.2, 0.25) is 0 Å². The maximum atomic E-state index is 10.7. The minimum absolute atomic E-state index is 0. The second-order valence-corrected chi connectivity index (χ2v) is 6.16. The minimum atomic E-state index is -0.356. The third kappa shape index (κ3) is 6.19. The third-order valence-corrected chi connectivity index (χ3v) is 4.30. The summed E-state index contributed by atoms with van der Waals surface area (Å²) in [6.07, 6.45) is 5.34. The van der Waals surface area contributed by atoms with Gasteiger partial charge in [-0.25, -0.2) is 0 Å². The van der Waals surface area contributed by atoms with Crippen LogP contribution < -0.4 is 11.5 Å². The van der Waals surface area contributed by atoms with E-state index in [0.717, 1.165) is 31.4 Å². The molecule has 0 saturated carbocycles. The molecule has 5 heteroatoms. The molecule has 0 spiro atoms. The van der Waals surface area contributed by atoms with E-state index in [1.54, 1.807) is 12.1 Å². The van der Waals surface area contributed by atoms with Crippen molar-refractivity contribution in [3.8, 4) is 0 Å². The van der Waals surface area contributed by atoms with Crippen molar-refractivity contribution in [1.82, 2.24) is 6.15 Å². The molecule has 0 aliphatic rings. The normalized spacial score (nSPS) is 10.2. The number of non-ortho nitro benzene ring substituents is 1. The second-order valence-electron chi connectivity index (χ2n) is 6.16. The lowest BCUT2D eigenvalue weighted by Crippen LogP contribution is -2.05. The SMILES string of the molecule is CCCCNc1cccc(C)c1CCCc1ccc([N+](=O)[O-])cc1.N. The van der Waals surface area contributed by atoms with Gasteiger partial charge in [0.1, 0.15) is 0 Å². The Hall–Kier alpha value is -2.40. The van der Waals surface area contributed by atoms with E-state index in [1.165, 1.54) is 29.7 Å². The zero-order chi connectivity index (χ0) is 17.4. The Morgan fingerprint density at radius 3 is 2.40 bits per heavy atom. The fraction of sp³-hybridized carbons (Fsp3) is 0.400. The average molecular weight is 343 g/mol. The van der Waals surface area contributed by atoms with Crippen LogP contribution in [0.1, 0.15) is 42.9 Å². The maximum Gasteiger partial charge on any atom is 0.269 e. The van der Waals surface area contributed by atoms with Crippen molar-refractivity contribution in [3.05, 3.63) is 69.3 Å². The Kier molecular flexibility index (Phi) is 8.64. The van der Waals surface area contributed by atoms with Crippen LogP contribution in [0.5, 0.6) is 0 Å². The second kappa shape index (κ2) is 10.5. The Bertz CT molecular complexity index is 669. The average Bonchev–Trinajstić information content (AvgIpc) is 2.58. The van der Waals surface area contributed by atoms with Crippen LogP contribution in [0.25, 0.3) is 0 Å². The molecule has 0 unspecified atom stereocenters. The minimum Gasteiger partial charge on any atom is -0.385 e. The highest BCUT2D eigenvalue weighted by Crippen LogP contribution is 2.22. The molecule has 2 rings (SSSR count). The summed E-state index contributed by atoms with van der Waals surface area (Å²) in [6, 6.07) is 13.3. The predicted octanol–water partition coefficient (Wildman–Crippen LogP) is 5.45. The lowest BCUT2D eigenvalue weighted by atomic mass is 9.98. The number of benzene rings is 2. The molecule has 5 nitrogen and oxygen atoms in total. The number of rotatable bonds is 9. The van der Waals surface area contributed by atoms with Crippen molar-refractivity contribution < 1.29 is 4.92 Å². The molecule has 0 atom stereocenters. The largest absolute Gasteiger partial charge is 0.385 e. The van der Waals surface area contributed by atoms with Crippen LogP contribution in [0.3, 0.4) is 0 Å². The maximum absolute atomic E-state index is 10.7. The molecule has 2 aromatic rings. The molecular formula is C20H29N3O2. The number of nitro groups is 1. The van der Waals surface area contributed by atoms with Gasteiger partial charge in [-0.05, 0) is 55.4 Å². The Balaban J connectivity index is 0.00000312. The van der Waals surface area contributed by atoms with Crippen molar-refractivity contribution in [2.24, 2.45) is 0 Å². The first kappa shape index (κ1) is 20.6. The molecule has 0 fully saturated rings. The fourth-order valence-electron chi connectivity index (χ4n) is 2.85. The van der Waals surface area contributed by atoms with Gasteiger partial charge in [0, 0.05) is 24.4 Å². The number of nitrogens with one attached hydrogen (secondary N) is 1. The number of hydrogen-bond donors (Lipinski definition) is 2. The number of nitrogens with zero attached hydrogens (tertiary/aromatic N) is 1. The summed E-state index contributed by atoms with van der Waals surface area (Å²) in [5.41, 5.74) is 5.25. The molecule has 0 bridgehead atoms. The number of hydrogen-bond acceptors (Lipinski definition) is 4. The van der Waals surface area contributed by atoms with Gasteiger partial charge in [-0.15, -0.1) is 0 Å².